The predicted octanol–water partition coefficient (Wildman–Crippen LogP) is 3.04. The van der Waals surface area contributed by atoms with Crippen molar-refractivity contribution in [3.05, 3.63) is 61.7 Å². The first-order valence-electron chi connectivity index (χ1n) is 8.25. The second kappa shape index (κ2) is 6.21. The van der Waals surface area contributed by atoms with Crippen LogP contribution in [0.15, 0.2) is 33.5 Å². The van der Waals surface area contributed by atoms with E-state index in [0.29, 0.717) is 0 Å². The number of halogens is 1. The molecule has 0 saturated heterocycles. The van der Waals surface area contributed by atoms with Crippen LogP contribution >= 0.6 is 15.9 Å². The summed E-state index contributed by atoms with van der Waals surface area (Å²) in [5.41, 5.74) is 3.22. The van der Waals surface area contributed by atoms with Crippen LogP contribution in [0.5, 0.6) is 0 Å². The van der Waals surface area contributed by atoms with Gasteiger partial charge in [0.25, 0.3) is 5.56 Å². The molecule has 23 heavy (non-hydrogen) atoms. The van der Waals surface area contributed by atoms with Crippen LogP contribution in [0.25, 0.3) is 0 Å². The highest BCUT2D eigenvalue weighted by atomic mass is 79.9. The van der Waals surface area contributed by atoms with Gasteiger partial charge in [-0.1, -0.05) is 28.1 Å². The van der Waals surface area contributed by atoms with Gasteiger partial charge in [-0.3, -0.25) is 9.69 Å². The lowest BCUT2D eigenvalue weighted by Gasteiger charge is -2.27. The average Bonchev–Trinajstić information content (AvgIpc) is 3.31. The highest BCUT2D eigenvalue weighted by Gasteiger charge is 2.25. The summed E-state index contributed by atoms with van der Waals surface area (Å²) in [6.07, 6.45) is 4.26. The number of aromatic nitrogens is 2. The van der Waals surface area contributed by atoms with Crippen LogP contribution < -0.4 is 5.56 Å². The molecule has 1 aromatic heterocycles. The van der Waals surface area contributed by atoms with E-state index in [2.05, 4.69) is 44.0 Å². The van der Waals surface area contributed by atoms with Crippen molar-refractivity contribution in [3.63, 3.8) is 0 Å². The number of benzene rings is 1. The fourth-order valence-electron chi connectivity index (χ4n) is 3.27. The van der Waals surface area contributed by atoms with E-state index in [1.54, 1.807) is 0 Å². The number of H-pyrrole nitrogens is 1. The molecule has 0 bridgehead atoms. The lowest BCUT2D eigenvalue weighted by molar-refractivity contribution is 0.240. The summed E-state index contributed by atoms with van der Waals surface area (Å²) in [5, 5.41) is 0. The Balaban J connectivity index is 1.53. The molecule has 0 spiro atoms. The fraction of sp³-hybridized carbons (Fsp3) is 0.444. The Kier molecular flexibility index (Phi) is 4.07. The molecule has 1 aliphatic heterocycles. The molecule has 1 N–H and O–H groups in total. The van der Waals surface area contributed by atoms with Crippen molar-refractivity contribution in [2.75, 3.05) is 6.54 Å². The van der Waals surface area contributed by atoms with Crippen molar-refractivity contribution in [2.45, 2.75) is 38.8 Å². The van der Waals surface area contributed by atoms with Crippen molar-refractivity contribution >= 4 is 15.9 Å². The van der Waals surface area contributed by atoms with E-state index in [0.717, 1.165) is 59.9 Å². The van der Waals surface area contributed by atoms with Gasteiger partial charge in [0.15, 0.2) is 0 Å². The van der Waals surface area contributed by atoms with Crippen molar-refractivity contribution in [1.82, 2.24) is 14.9 Å². The molecule has 2 heterocycles. The van der Waals surface area contributed by atoms with Crippen molar-refractivity contribution in [2.24, 2.45) is 5.92 Å². The quantitative estimate of drug-likeness (QED) is 0.895. The zero-order valence-electron chi connectivity index (χ0n) is 13.0. The van der Waals surface area contributed by atoms with Gasteiger partial charge >= 0.3 is 0 Å². The maximum absolute atomic E-state index is 12.3. The SMILES string of the molecule is O=c1[nH]c(CC2CC2)nc2c1CCN(Cc1cccc(Br)c1)C2. The Bertz CT molecular complexity index is 782. The minimum absolute atomic E-state index is 0.0766. The standard InChI is InChI=1S/C18H20BrN3O/c19-14-3-1-2-13(8-14)10-22-7-6-15-16(11-22)20-17(21-18(15)23)9-12-4-5-12/h1-3,8,12H,4-7,9-11H2,(H,20,21,23). The Morgan fingerprint density at radius 3 is 3.00 bits per heavy atom. The van der Waals surface area contributed by atoms with Crippen LogP contribution in [0.2, 0.25) is 0 Å². The molecule has 1 aromatic carbocycles. The van der Waals surface area contributed by atoms with Crippen molar-refractivity contribution < 1.29 is 0 Å². The molecule has 5 heteroatoms. The average molecular weight is 374 g/mol. The Morgan fingerprint density at radius 1 is 1.35 bits per heavy atom. The Hall–Kier alpha value is -1.46. The molecule has 2 aromatic rings. The van der Waals surface area contributed by atoms with Crippen molar-refractivity contribution in [1.29, 1.82) is 0 Å². The molecule has 2 aliphatic rings. The highest BCUT2D eigenvalue weighted by Crippen LogP contribution is 2.31. The molecular formula is C18H20BrN3O. The summed E-state index contributed by atoms with van der Waals surface area (Å²) < 4.78 is 1.11. The minimum atomic E-state index is 0.0766. The maximum Gasteiger partial charge on any atom is 0.254 e. The smallest absolute Gasteiger partial charge is 0.254 e. The summed E-state index contributed by atoms with van der Waals surface area (Å²) in [6, 6.07) is 8.40. The van der Waals surface area contributed by atoms with E-state index in [4.69, 9.17) is 4.98 Å². The van der Waals surface area contributed by atoms with E-state index in [1.165, 1.54) is 18.4 Å². The van der Waals surface area contributed by atoms with Gasteiger partial charge in [-0.15, -0.1) is 0 Å². The van der Waals surface area contributed by atoms with Gasteiger partial charge in [0, 0.05) is 36.1 Å². The number of rotatable bonds is 4. The second-order valence-electron chi connectivity index (χ2n) is 6.68. The number of aromatic amines is 1. The van der Waals surface area contributed by atoms with Gasteiger partial charge in [0.2, 0.25) is 0 Å². The van der Waals surface area contributed by atoms with Gasteiger partial charge in [0.05, 0.1) is 5.69 Å². The van der Waals surface area contributed by atoms with Crippen LogP contribution in [0, 0.1) is 5.92 Å². The van der Waals surface area contributed by atoms with Gasteiger partial charge < -0.3 is 4.98 Å². The predicted molar refractivity (Wildman–Crippen MR) is 93.2 cm³/mol. The molecule has 0 unspecified atom stereocenters. The molecule has 1 saturated carbocycles. The molecule has 0 amide bonds. The molecule has 0 atom stereocenters. The summed E-state index contributed by atoms with van der Waals surface area (Å²) >= 11 is 3.52. The second-order valence-corrected chi connectivity index (χ2v) is 7.59. The molecule has 1 aliphatic carbocycles. The molecular weight excluding hydrogens is 354 g/mol. The number of hydrogen-bond acceptors (Lipinski definition) is 3. The van der Waals surface area contributed by atoms with Gasteiger partial charge in [-0.25, -0.2) is 4.98 Å². The van der Waals surface area contributed by atoms with Gasteiger partial charge in [-0.2, -0.15) is 0 Å². The lowest BCUT2D eigenvalue weighted by atomic mass is 10.1. The van der Waals surface area contributed by atoms with E-state index >= 15 is 0 Å². The maximum atomic E-state index is 12.3. The Morgan fingerprint density at radius 2 is 2.22 bits per heavy atom. The monoisotopic (exact) mass is 373 g/mol. The van der Waals surface area contributed by atoms with E-state index in [9.17, 15) is 4.79 Å². The normalized spacial score (nSPS) is 18.0. The third-order valence-corrected chi connectivity index (χ3v) is 5.17. The van der Waals surface area contributed by atoms with Crippen molar-refractivity contribution in [3.8, 4) is 0 Å². The highest BCUT2D eigenvalue weighted by molar-refractivity contribution is 9.10. The van der Waals surface area contributed by atoms with Gasteiger partial charge in [-0.05, 0) is 42.9 Å². The van der Waals surface area contributed by atoms with Crippen LogP contribution in [-0.4, -0.2) is 21.4 Å². The first-order chi connectivity index (χ1) is 11.2. The molecule has 4 rings (SSSR count). The zero-order chi connectivity index (χ0) is 15.8. The van der Waals surface area contributed by atoms with Crippen LogP contribution in [-0.2, 0) is 25.9 Å². The van der Waals surface area contributed by atoms with E-state index in [-0.39, 0.29) is 5.56 Å². The first kappa shape index (κ1) is 15.1. The molecule has 1 fully saturated rings. The summed E-state index contributed by atoms with van der Waals surface area (Å²) in [7, 11) is 0. The molecule has 120 valence electrons. The first-order valence-corrected chi connectivity index (χ1v) is 9.04. The lowest BCUT2D eigenvalue weighted by Crippen LogP contribution is -2.35. The summed E-state index contributed by atoms with van der Waals surface area (Å²) in [5.74, 6) is 1.61. The van der Waals surface area contributed by atoms with Gasteiger partial charge in [0.1, 0.15) is 5.82 Å². The molecule has 4 nitrogen and oxygen atoms in total. The third-order valence-electron chi connectivity index (χ3n) is 4.68. The minimum Gasteiger partial charge on any atom is -0.310 e. The van der Waals surface area contributed by atoms with E-state index < -0.39 is 0 Å². The summed E-state index contributed by atoms with van der Waals surface area (Å²) in [4.78, 5) is 22.4. The van der Waals surface area contributed by atoms with Crippen LogP contribution in [0.4, 0.5) is 0 Å². The number of nitrogens with zero attached hydrogens (tertiary/aromatic N) is 2. The third kappa shape index (κ3) is 3.56. The fourth-order valence-corrected chi connectivity index (χ4v) is 3.71. The van der Waals surface area contributed by atoms with Crippen LogP contribution in [0.1, 0.15) is 35.5 Å². The number of hydrogen-bond donors (Lipinski definition) is 1. The molecule has 0 radical (unpaired) electrons. The zero-order valence-corrected chi connectivity index (χ0v) is 14.6. The largest absolute Gasteiger partial charge is 0.310 e. The topological polar surface area (TPSA) is 49.0 Å². The Labute approximate surface area is 144 Å². The van der Waals surface area contributed by atoms with Crippen LogP contribution in [0.3, 0.4) is 0 Å². The summed E-state index contributed by atoms with van der Waals surface area (Å²) in [6.45, 7) is 2.57. The number of fused-ring (bicyclic) bond motifs is 1. The number of nitrogens with one attached hydrogen (secondary N) is 1. The van der Waals surface area contributed by atoms with E-state index in [1.807, 2.05) is 6.07 Å².